The molecule has 2 heterocycles. The van der Waals surface area contributed by atoms with Gasteiger partial charge in [0.2, 0.25) is 5.28 Å². The third-order valence-corrected chi connectivity index (χ3v) is 4.66. The molecule has 1 atom stereocenters. The molecule has 24 heavy (non-hydrogen) atoms. The molecule has 0 saturated heterocycles. The van der Waals surface area contributed by atoms with Crippen LogP contribution in [0.15, 0.2) is 35.7 Å². The normalized spacial score (nSPS) is 12.1. The molecule has 1 aromatic carbocycles. The molecule has 0 saturated carbocycles. The van der Waals surface area contributed by atoms with Crippen molar-refractivity contribution in [2.24, 2.45) is 0 Å². The molecule has 5 nitrogen and oxygen atoms in total. The maximum atomic E-state index is 11.8. The number of ether oxygens (including phenoxy) is 1. The molecule has 7 heteroatoms. The van der Waals surface area contributed by atoms with Gasteiger partial charge in [0, 0.05) is 0 Å². The van der Waals surface area contributed by atoms with Crippen molar-refractivity contribution in [2.75, 3.05) is 12.4 Å². The third-order valence-electron chi connectivity index (χ3n) is 3.69. The molecule has 0 bridgehead atoms. The molecule has 3 rings (SSSR count). The number of hydrogen-bond donors (Lipinski definition) is 1. The lowest BCUT2D eigenvalue weighted by molar-refractivity contribution is -0.140. The summed E-state index contributed by atoms with van der Waals surface area (Å²) >= 11 is 7.51. The second kappa shape index (κ2) is 7.15. The fourth-order valence-corrected chi connectivity index (χ4v) is 3.39. The summed E-state index contributed by atoms with van der Waals surface area (Å²) in [6.07, 6.45) is 0.187. The summed E-state index contributed by atoms with van der Waals surface area (Å²) in [5.74, 6) is 0.315. The molecular weight excluding hydrogens is 346 g/mol. The van der Waals surface area contributed by atoms with E-state index in [0.29, 0.717) is 5.82 Å². The number of carbonyl (C=O) groups is 1. The number of rotatable bonds is 5. The monoisotopic (exact) mass is 361 g/mol. The van der Waals surface area contributed by atoms with Crippen molar-refractivity contribution in [1.82, 2.24) is 9.97 Å². The number of aryl methyl sites for hydroxylation is 1. The highest BCUT2D eigenvalue weighted by Crippen LogP contribution is 2.30. The van der Waals surface area contributed by atoms with Crippen molar-refractivity contribution in [1.29, 1.82) is 0 Å². The summed E-state index contributed by atoms with van der Waals surface area (Å²) in [5, 5.41) is 6.31. The van der Waals surface area contributed by atoms with Gasteiger partial charge in [0.25, 0.3) is 0 Å². The summed E-state index contributed by atoms with van der Waals surface area (Å²) in [5.41, 5.74) is 2.13. The molecular formula is C17H16ClN3O2S. The minimum absolute atomic E-state index is 0.174. The summed E-state index contributed by atoms with van der Waals surface area (Å²) in [6, 6.07) is 9.66. The molecule has 0 radical (unpaired) electrons. The first-order valence-electron chi connectivity index (χ1n) is 7.37. The van der Waals surface area contributed by atoms with Crippen LogP contribution in [0, 0.1) is 6.92 Å². The Morgan fingerprint density at radius 2 is 2.04 bits per heavy atom. The zero-order chi connectivity index (χ0) is 17.1. The highest BCUT2D eigenvalue weighted by atomic mass is 35.5. The van der Waals surface area contributed by atoms with E-state index in [1.807, 2.05) is 42.6 Å². The maximum absolute atomic E-state index is 11.8. The van der Waals surface area contributed by atoms with Crippen molar-refractivity contribution in [2.45, 2.75) is 19.4 Å². The molecule has 0 aliphatic heterocycles. The number of halogens is 1. The fourth-order valence-electron chi connectivity index (χ4n) is 2.41. The average Bonchev–Trinajstić information content (AvgIpc) is 3.03. The van der Waals surface area contributed by atoms with Gasteiger partial charge in [-0.05, 0) is 35.5 Å². The molecule has 3 aromatic rings. The van der Waals surface area contributed by atoms with E-state index in [-0.39, 0.29) is 23.7 Å². The lowest BCUT2D eigenvalue weighted by Gasteiger charge is -2.19. The lowest BCUT2D eigenvalue weighted by atomic mass is 10.0. The molecule has 0 aliphatic carbocycles. The van der Waals surface area contributed by atoms with E-state index in [2.05, 4.69) is 15.3 Å². The molecule has 0 amide bonds. The number of hydrogen-bond acceptors (Lipinski definition) is 6. The highest BCUT2D eigenvalue weighted by Gasteiger charge is 2.19. The van der Waals surface area contributed by atoms with E-state index < -0.39 is 0 Å². The number of nitrogens with one attached hydrogen (secondary N) is 1. The van der Waals surface area contributed by atoms with E-state index >= 15 is 0 Å². The number of carbonyl (C=O) groups excluding carboxylic acids is 1. The van der Waals surface area contributed by atoms with Crippen LogP contribution < -0.4 is 5.32 Å². The molecule has 0 fully saturated rings. The summed E-state index contributed by atoms with van der Waals surface area (Å²) in [4.78, 5) is 21.1. The molecule has 1 N–H and O–H groups in total. The van der Waals surface area contributed by atoms with Gasteiger partial charge >= 0.3 is 5.97 Å². The second-order valence-corrected chi connectivity index (χ2v) is 6.60. The Kier molecular flexibility index (Phi) is 4.97. The molecule has 0 spiro atoms. The Balaban J connectivity index is 1.97. The summed E-state index contributed by atoms with van der Waals surface area (Å²) in [6.45, 7) is 2.02. The molecule has 1 unspecified atom stereocenters. The van der Waals surface area contributed by atoms with Crippen LogP contribution in [-0.2, 0) is 9.53 Å². The second-order valence-electron chi connectivity index (χ2n) is 5.37. The molecule has 124 valence electrons. The van der Waals surface area contributed by atoms with E-state index in [4.69, 9.17) is 16.3 Å². The van der Waals surface area contributed by atoms with Crippen LogP contribution in [0.1, 0.15) is 23.6 Å². The topological polar surface area (TPSA) is 64.1 Å². The van der Waals surface area contributed by atoms with Crippen molar-refractivity contribution >= 4 is 44.9 Å². The Hall–Kier alpha value is -2.18. The Bertz CT molecular complexity index is 864. The average molecular weight is 362 g/mol. The van der Waals surface area contributed by atoms with Crippen molar-refractivity contribution in [3.63, 3.8) is 0 Å². The summed E-state index contributed by atoms with van der Waals surface area (Å²) < 4.78 is 4.82. The Morgan fingerprint density at radius 3 is 2.75 bits per heavy atom. The first-order valence-corrected chi connectivity index (χ1v) is 8.63. The van der Waals surface area contributed by atoms with Gasteiger partial charge in [-0.1, -0.05) is 29.8 Å². The van der Waals surface area contributed by atoms with Gasteiger partial charge in [0.05, 0.1) is 25.0 Å². The zero-order valence-electron chi connectivity index (χ0n) is 13.2. The number of fused-ring (bicyclic) bond motifs is 1. The standard InChI is InChI=1S/C17H16ClN3O2S/c1-10-3-5-11(6-4-10)13(9-14(22)23-2)19-15-12-7-8-24-16(12)21-17(18)20-15/h3-8,13H,9H2,1-2H3,(H,19,20,21). The first kappa shape index (κ1) is 16.7. The smallest absolute Gasteiger partial charge is 0.307 e. The maximum Gasteiger partial charge on any atom is 0.307 e. The Labute approximate surface area is 148 Å². The third kappa shape index (κ3) is 3.66. The number of methoxy groups -OCH3 is 1. The van der Waals surface area contributed by atoms with Gasteiger partial charge in [-0.15, -0.1) is 11.3 Å². The van der Waals surface area contributed by atoms with Crippen LogP contribution in [0.3, 0.4) is 0 Å². The minimum atomic E-state index is -0.296. The predicted octanol–water partition coefficient (Wildman–Crippen LogP) is 4.37. The van der Waals surface area contributed by atoms with E-state index in [1.54, 1.807) is 0 Å². The zero-order valence-corrected chi connectivity index (χ0v) is 14.8. The number of nitrogens with zero attached hydrogens (tertiary/aromatic N) is 2. The van der Waals surface area contributed by atoms with Gasteiger partial charge in [-0.25, -0.2) is 9.97 Å². The van der Waals surface area contributed by atoms with E-state index in [9.17, 15) is 4.79 Å². The van der Waals surface area contributed by atoms with Crippen LogP contribution in [0.2, 0.25) is 5.28 Å². The van der Waals surface area contributed by atoms with Crippen LogP contribution in [0.25, 0.3) is 10.2 Å². The SMILES string of the molecule is COC(=O)CC(Nc1nc(Cl)nc2sccc12)c1ccc(C)cc1. The molecule has 2 aromatic heterocycles. The quantitative estimate of drug-likeness (QED) is 0.540. The van der Waals surface area contributed by atoms with Crippen LogP contribution in [0.5, 0.6) is 0 Å². The molecule has 0 aliphatic rings. The largest absolute Gasteiger partial charge is 0.469 e. The number of esters is 1. The van der Waals surface area contributed by atoms with E-state index in [1.165, 1.54) is 18.4 Å². The van der Waals surface area contributed by atoms with Crippen LogP contribution in [-0.4, -0.2) is 23.0 Å². The summed E-state index contributed by atoms with van der Waals surface area (Å²) in [7, 11) is 1.38. The number of benzene rings is 1. The lowest BCUT2D eigenvalue weighted by Crippen LogP contribution is -2.17. The fraction of sp³-hybridized carbons (Fsp3) is 0.235. The number of anilines is 1. The van der Waals surface area contributed by atoms with Crippen LogP contribution in [0.4, 0.5) is 5.82 Å². The minimum Gasteiger partial charge on any atom is -0.469 e. The van der Waals surface area contributed by atoms with Gasteiger partial charge in [0.1, 0.15) is 10.6 Å². The Morgan fingerprint density at radius 1 is 1.29 bits per heavy atom. The van der Waals surface area contributed by atoms with Gasteiger partial charge in [0.15, 0.2) is 0 Å². The van der Waals surface area contributed by atoms with Crippen molar-refractivity contribution < 1.29 is 9.53 Å². The number of thiophene rings is 1. The van der Waals surface area contributed by atoms with Crippen molar-refractivity contribution in [3.8, 4) is 0 Å². The van der Waals surface area contributed by atoms with Gasteiger partial charge in [-0.3, -0.25) is 4.79 Å². The van der Waals surface area contributed by atoms with Crippen molar-refractivity contribution in [3.05, 3.63) is 52.1 Å². The first-order chi connectivity index (χ1) is 11.6. The highest BCUT2D eigenvalue weighted by molar-refractivity contribution is 7.16. The van der Waals surface area contributed by atoms with Gasteiger partial charge < -0.3 is 10.1 Å². The van der Waals surface area contributed by atoms with Gasteiger partial charge in [-0.2, -0.15) is 0 Å². The van der Waals surface area contributed by atoms with E-state index in [0.717, 1.165) is 21.3 Å². The number of aromatic nitrogens is 2. The van der Waals surface area contributed by atoms with Crippen LogP contribution >= 0.6 is 22.9 Å². The predicted molar refractivity (Wildman–Crippen MR) is 96.6 cm³/mol.